The van der Waals surface area contributed by atoms with Crippen LogP contribution in [0.2, 0.25) is 0 Å². The molecule has 0 aliphatic heterocycles. The minimum atomic E-state index is -0.228. The molecule has 0 radical (unpaired) electrons. The van der Waals surface area contributed by atoms with Gasteiger partial charge in [-0.1, -0.05) is 26.0 Å². The van der Waals surface area contributed by atoms with Crippen molar-refractivity contribution in [1.29, 1.82) is 0 Å². The number of hydrazone groups is 1. The number of carbonyl (C=O) groups is 1. The Morgan fingerprint density at radius 1 is 1.27 bits per heavy atom. The molecule has 2 aromatic rings. The Morgan fingerprint density at radius 3 is 2.82 bits per heavy atom. The highest BCUT2D eigenvalue weighted by atomic mass is 79.9. The van der Waals surface area contributed by atoms with Crippen LogP contribution in [0.4, 0.5) is 0 Å². The zero-order chi connectivity index (χ0) is 15.7. The van der Waals surface area contributed by atoms with Gasteiger partial charge in [0.15, 0.2) is 0 Å². The zero-order valence-corrected chi connectivity index (χ0v) is 14.1. The van der Waals surface area contributed by atoms with Gasteiger partial charge < -0.3 is 4.42 Å². The van der Waals surface area contributed by atoms with Gasteiger partial charge in [-0.15, -0.1) is 0 Å². The number of rotatable bonds is 2. The highest BCUT2D eigenvalue weighted by Gasteiger charge is 2.31. The molecule has 0 fully saturated rings. The fraction of sp³-hybridized carbons (Fsp3) is 0.294. The van der Waals surface area contributed by atoms with Gasteiger partial charge in [0.05, 0.1) is 17.5 Å². The Labute approximate surface area is 137 Å². The zero-order valence-electron chi connectivity index (χ0n) is 12.5. The summed E-state index contributed by atoms with van der Waals surface area (Å²) in [7, 11) is 0. The van der Waals surface area contributed by atoms with E-state index < -0.39 is 0 Å². The van der Waals surface area contributed by atoms with E-state index in [-0.39, 0.29) is 11.3 Å². The third kappa shape index (κ3) is 2.99. The summed E-state index contributed by atoms with van der Waals surface area (Å²) >= 11 is 3.38. The Kier molecular flexibility index (Phi) is 3.91. The second kappa shape index (κ2) is 5.72. The van der Waals surface area contributed by atoms with Crippen LogP contribution in [0.25, 0.3) is 0 Å². The molecule has 1 aliphatic rings. The molecule has 5 heteroatoms. The summed E-state index contributed by atoms with van der Waals surface area (Å²) in [5, 5.41) is 4.35. The standard InChI is InChI=1S/C17H17BrN2O2/c1-17(2)9-14(12-7-8-22-15(12)10-17)19-20-16(21)11-5-3-4-6-13(11)18/h3-8H,9-10H2,1-2H3,(H,20,21)/b19-14+. The number of amides is 1. The molecule has 1 aliphatic carbocycles. The van der Waals surface area contributed by atoms with Crippen molar-refractivity contribution >= 4 is 27.5 Å². The summed E-state index contributed by atoms with van der Waals surface area (Å²) in [5.41, 5.74) is 5.14. The van der Waals surface area contributed by atoms with E-state index in [1.54, 1.807) is 12.3 Å². The average Bonchev–Trinajstić information content (AvgIpc) is 2.91. The molecule has 114 valence electrons. The molecule has 0 atom stereocenters. The summed E-state index contributed by atoms with van der Waals surface area (Å²) in [5.74, 6) is 0.707. The molecule has 1 aromatic carbocycles. The van der Waals surface area contributed by atoms with Gasteiger partial charge in [0.25, 0.3) is 5.91 Å². The summed E-state index contributed by atoms with van der Waals surface area (Å²) in [6.45, 7) is 4.34. The second-order valence-corrected chi connectivity index (χ2v) is 7.11. The lowest BCUT2D eigenvalue weighted by Crippen LogP contribution is -2.29. The second-order valence-electron chi connectivity index (χ2n) is 6.25. The van der Waals surface area contributed by atoms with Crippen molar-refractivity contribution in [3.8, 4) is 0 Å². The molecule has 22 heavy (non-hydrogen) atoms. The quantitative estimate of drug-likeness (QED) is 0.817. The first-order valence-electron chi connectivity index (χ1n) is 7.14. The van der Waals surface area contributed by atoms with E-state index >= 15 is 0 Å². The number of nitrogens with one attached hydrogen (secondary N) is 1. The Balaban J connectivity index is 1.84. The molecule has 0 saturated heterocycles. The van der Waals surface area contributed by atoms with Crippen LogP contribution in [0.3, 0.4) is 0 Å². The van der Waals surface area contributed by atoms with Crippen LogP contribution in [0.5, 0.6) is 0 Å². The predicted octanol–water partition coefficient (Wildman–Crippen LogP) is 4.15. The predicted molar refractivity (Wildman–Crippen MR) is 89.0 cm³/mol. The maximum atomic E-state index is 12.2. The van der Waals surface area contributed by atoms with E-state index in [2.05, 4.69) is 40.3 Å². The van der Waals surface area contributed by atoms with Crippen LogP contribution >= 0.6 is 15.9 Å². The van der Waals surface area contributed by atoms with Crippen LogP contribution in [0.1, 0.15) is 41.9 Å². The number of nitrogens with zero attached hydrogens (tertiary/aromatic N) is 1. The number of carbonyl (C=O) groups excluding carboxylic acids is 1. The minimum absolute atomic E-state index is 0.0712. The van der Waals surface area contributed by atoms with Crippen LogP contribution < -0.4 is 5.43 Å². The van der Waals surface area contributed by atoms with Gasteiger partial charge in [-0.05, 0) is 46.0 Å². The highest BCUT2D eigenvalue weighted by molar-refractivity contribution is 9.10. The van der Waals surface area contributed by atoms with Crippen LogP contribution in [0, 0.1) is 5.41 Å². The van der Waals surface area contributed by atoms with Crippen molar-refractivity contribution in [2.45, 2.75) is 26.7 Å². The van der Waals surface area contributed by atoms with Gasteiger partial charge in [-0.3, -0.25) is 4.79 Å². The van der Waals surface area contributed by atoms with E-state index in [0.717, 1.165) is 34.3 Å². The van der Waals surface area contributed by atoms with Gasteiger partial charge in [0.2, 0.25) is 0 Å². The molecule has 1 N–H and O–H groups in total. The lowest BCUT2D eigenvalue weighted by molar-refractivity contribution is 0.0953. The van der Waals surface area contributed by atoms with Gasteiger partial charge in [-0.25, -0.2) is 5.43 Å². The highest BCUT2D eigenvalue weighted by Crippen LogP contribution is 2.35. The fourth-order valence-electron chi connectivity index (χ4n) is 2.70. The molecular weight excluding hydrogens is 344 g/mol. The maximum Gasteiger partial charge on any atom is 0.272 e. The van der Waals surface area contributed by atoms with E-state index in [1.807, 2.05) is 24.3 Å². The van der Waals surface area contributed by atoms with Crippen molar-refractivity contribution < 1.29 is 9.21 Å². The number of fused-ring (bicyclic) bond motifs is 1. The van der Waals surface area contributed by atoms with Crippen LogP contribution in [-0.4, -0.2) is 11.6 Å². The van der Waals surface area contributed by atoms with Gasteiger partial charge in [-0.2, -0.15) is 5.10 Å². The summed E-state index contributed by atoms with van der Waals surface area (Å²) in [6, 6.07) is 9.19. The van der Waals surface area contributed by atoms with E-state index in [4.69, 9.17) is 4.42 Å². The smallest absolute Gasteiger partial charge is 0.272 e. The normalized spacial score (nSPS) is 18.0. The molecule has 0 spiro atoms. The van der Waals surface area contributed by atoms with Crippen molar-refractivity contribution in [2.24, 2.45) is 10.5 Å². The number of furan rings is 1. The molecular formula is C17H17BrN2O2. The largest absolute Gasteiger partial charge is 0.469 e. The SMILES string of the molecule is CC1(C)C/C(=N\NC(=O)c2ccccc2Br)c2ccoc2C1. The molecule has 0 saturated carbocycles. The molecule has 1 amide bonds. The molecule has 1 heterocycles. The molecule has 4 nitrogen and oxygen atoms in total. The first-order chi connectivity index (χ1) is 10.5. The number of benzene rings is 1. The van der Waals surface area contributed by atoms with E-state index in [1.165, 1.54) is 0 Å². The number of hydrogen-bond donors (Lipinski definition) is 1. The maximum absolute atomic E-state index is 12.2. The minimum Gasteiger partial charge on any atom is -0.469 e. The number of halogens is 1. The fourth-order valence-corrected chi connectivity index (χ4v) is 3.17. The lowest BCUT2D eigenvalue weighted by atomic mass is 9.76. The van der Waals surface area contributed by atoms with Crippen molar-refractivity contribution in [3.05, 3.63) is 58.0 Å². The van der Waals surface area contributed by atoms with Gasteiger partial charge in [0, 0.05) is 16.5 Å². The first kappa shape index (κ1) is 15.0. The monoisotopic (exact) mass is 360 g/mol. The Hall–Kier alpha value is -1.88. The van der Waals surface area contributed by atoms with Crippen molar-refractivity contribution in [1.82, 2.24) is 5.43 Å². The number of hydrogen-bond acceptors (Lipinski definition) is 3. The third-order valence-electron chi connectivity index (χ3n) is 3.75. The van der Waals surface area contributed by atoms with Crippen molar-refractivity contribution in [2.75, 3.05) is 0 Å². The van der Waals surface area contributed by atoms with Crippen LogP contribution in [0.15, 0.2) is 50.6 Å². The Morgan fingerprint density at radius 2 is 2.05 bits per heavy atom. The summed E-state index contributed by atoms with van der Waals surface area (Å²) in [4.78, 5) is 12.2. The summed E-state index contributed by atoms with van der Waals surface area (Å²) < 4.78 is 6.28. The topological polar surface area (TPSA) is 54.6 Å². The molecule has 0 unspecified atom stereocenters. The van der Waals surface area contributed by atoms with E-state index in [0.29, 0.717) is 5.56 Å². The van der Waals surface area contributed by atoms with E-state index in [9.17, 15) is 4.79 Å². The average molecular weight is 361 g/mol. The summed E-state index contributed by atoms with van der Waals surface area (Å²) in [6.07, 6.45) is 3.36. The lowest BCUT2D eigenvalue weighted by Gasteiger charge is -2.29. The van der Waals surface area contributed by atoms with Crippen LogP contribution in [-0.2, 0) is 6.42 Å². The first-order valence-corrected chi connectivity index (χ1v) is 7.94. The molecule has 1 aromatic heterocycles. The van der Waals surface area contributed by atoms with Gasteiger partial charge >= 0.3 is 0 Å². The molecule has 3 rings (SSSR count). The Bertz CT molecular complexity index is 747. The van der Waals surface area contributed by atoms with Gasteiger partial charge in [0.1, 0.15) is 5.76 Å². The molecule has 0 bridgehead atoms. The third-order valence-corrected chi connectivity index (χ3v) is 4.44. The van der Waals surface area contributed by atoms with Crippen molar-refractivity contribution in [3.63, 3.8) is 0 Å².